The molecule has 0 atom stereocenters. The molecule has 2 aromatic rings. The number of carbonyl (C=O) groups excluding carboxylic acids is 1. The van der Waals surface area contributed by atoms with Gasteiger partial charge in [0.05, 0.1) is 6.54 Å². The molecule has 1 aromatic carbocycles. The molecular formula is C15H22ClN3O. The van der Waals surface area contributed by atoms with Gasteiger partial charge in [-0.05, 0) is 31.0 Å². The van der Waals surface area contributed by atoms with E-state index in [4.69, 9.17) is 0 Å². The molecule has 110 valence electrons. The normalized spacial score (nSPS) is 10.3. The van der Waals surface area contributed by atoms with Gasteiger partial charge in [0, 0.05) is 23.6 Å². The predicted octanol–water partition coefficient (Wildman–Crippen LogP) is 2.03. The van der Waals surface area contributed by atoms with Crippen LogP contribution in [0.1, 0.15) is 18.1 Å². The number of carbonyl (C=O) groups is 1. The lowest BCUT2D eigenvalue weighted by Gasteiger charge is -2.04. The number of hydrogen-bond acceptors (Lipinski definition) is 2. The zero-order valence-corrected chi connectivity index (χ0v) is 12.8. The summed E-state index contributed by atoms with van der Waals surface area (Å²) in [7, 11) is 1.77. The van der Waals surface area contributed by atoms with Crippen LogP contribution >= 0.6 is 12.4 Å². The van der Waals surface area contributed by atoms with Crippen molar-refractivity contribution in [1.82, 2.24) is 15.6 Å². The van der Waals surface area contributed by atoms with Crippen LogP contribution in [0.15, 0.2) is 24.4 Å². The van der Waals surface area contributed by atoms with E-state index in [1.165, 1.54) is 22.0 Å². The summed E-state index contributed by atoms with van der Waals surface area (Å²) in [5, 5.41) is 7.00. The zero-order valence-electron chi connectivity index (χ0n) is 12.0. The number of para-hydroxylation sites is 1. The molecule has 3 N–H and O–H groups in total. The van der Waals surface area contributed by atoms with Crippen molar-refractivity contribution in [1.29, 1.82) is 0 Å². The fourth-order valence-corrected chi connectivity index (χ4v) is 2.34. The fraction of sp³-hybridized carbons (Fsp3) is 0.400. The zero-order chi connectivity index (χ0) is 13.7. The summed E-state index contributed by atoms with van der Waals surface area (Å²) in [5.74, 6) is 0.0385. The molecule has 1 amide bonds. The molecule has 0 aliphatic carbocycles. The Morgan fingerprint density at radius 2 is 2.10 bits per heavy atom. The fourth-order valence-electron chi connectivity index (χ4n) is 2.34. The van der Waals surface area contributed by atoms with Gasteiger partial charge >= 0.3 is 0 Å². The number of H-pyrrole nitrogens is 1. The van der Waals surface area contributed by atoms with Gasteiger partial charge in [0.2, 0.25) is 5.91 Å². The second-order valence-electron chi connectivity index (χ2n) is 4.64. The molecule has 0 fully saturated rings. The van der Waals surface area contributed by atoms with Crippen LogP contribution in [0, 0.1) is 0 Å². The number of aryl methyl sites for hydroxylation is 1. The molecule has 0 saturated carbocycles. The molecule has 0 bridgehead atoms. The largest absolute Gasteiger partial charge is 0.361 e. The summed E-state index contributed by atoms with van der Waals surface area (Å²) in [5.41, 5.74) is 3.82. The molecule has 1 heterocycles. The summed E-state index contributed by atoms with van der Waals surface area (Å²) >= 11 is 0. The first-order valence-electron chi connectivity index (χ1n) is 6.75. The predicted molar refractivity (Wildman–Crippen MR) is 85.6 cm³/mol. The Kier molecular flexibility index (Phi) is 6.55. The van der Waals surface area contributed by atoms with Gasteiger partial charge in [-0.3, -0.25) is 4.79 Å². The standard InChI is InChI=1S/C15H21N3O.ClH/c1-3-11-5-4-6-13-12(9-18-15(11)13)7-8-17-14(19)10-16-2;/h4-6,9,16,18H,3,7-8,10H2,1-2H3,(H,17,19);1H. The molecule has 0 radical (unpaired) electrons. The molecule has 0 aliphatic rings. The number of aromatic amines is 1. The lowest BCUT2D eigenvalue weighted by Crippen LogP contribution is -2.33. The number of amides is 1. The van der Waals surface area contributed by atoms with Crippen molar-refractivity contribution in [3.63, 3.8) is 0 Å². The molecular weight excluding hydrogens is 274 g/mol. The number of fused-ring (bicyclic) bond motifs is 1. The van der Waals surface area contributed by atoms with Crippen LogP contribution in [0.3, 0.4) is 0 Å². The summed E-state index contributed by atoms with van der Waals surface area (Å²) in [6.45, 7) is 3.20. The van der Waals surface area contributed by atoms with E-state index in [1.807, 2.05) is 6.20 Å². The maximum absolute atomic E-state index is 11.4. The number of hydrogen-bond donors (Lipinski definition) is 3. The summed E-state index contributed by atoms with van der Waals surface area (Å²) in [6, 6.07) is 6.38. The molecule has 2 rings (SSSR count). The molecule has 0 unspecified atom stereocenters. The number of rotatable bonds is 6. The van der Waals surface area contributed by atoms with Crippen molar-refractivity contribution in [2.24, 2.45) is 0 Å². The maximum atomic E-state index is 11.4. The lowest BCUT2D eigenvalue weighted by molar-refractivity contribution is -0.120. The van der Waals surface area contributed by atoms with Crippen LogP contribution in [-0.4, -0.2) is 31.0 Å². The van der Waals surface area contributed by atoms with Gasteiger partial charge in [-0.15, -0.1) is 12.4 Å². The highest BCUT2D eigenvalue weighted by Gasteiger charge is 2.06. The second kappa shape index (κ2) is 7.92. The van der Waals surface area contributed by atoms with E-state index in [-0.39, 0.29) is 18.3 Å². The number of benzene rings is 1. The van der Waals surface area contributed by atoms with Crippen molar-refractivity contribution in [2.75, 3.05) is 20.1 Å². The third-order valence-electron chi connectivity index (χ3n) is 3.32. The smallest absolute Gasteiger partial charge is 0.233 e. The third kappa shape index (κ3) is 3.74. The monoisotopic (exact) mass is 295 g/mol. The molecule has 0 aliphatic heterocycles. The van der Waals surface area contributed by atoms with Crippen LogP contribution in [0.25, 0.3) is 10.9 Å². The lowest BCUT2D eigenvalue weighted by atomic mass is 10.1. The highest BCUT2D eigenvalue weighted by molar-refractivity contribution is 5.86. The number of aromatic nitrogens is 1. The first kappa shape index (κ1) is 16.5. The number of nitrogens with one attached hydrogen (secondary N) is 3. The van der Waals surface area contributed by atoms with Crippen molar-refractivity contribution in [3.8, 4) is 0 Å². The maximum Gasteiger partial charge on any atom is 0.233 e. The number of likely N-dealkylation sites (N-methyl/N-ethyl adjacent to an activating group) is 1. The Balaban J connectivity index is 0.00000200. The minimum absolute atomic E-state index is 0. The molecule has 5 heteroatoms. The average molecular weight is 296 g/mol. The SMILES string of the molecule is CCc1cccc2c(CCNC(=O)CNC)c[nH]c12.Cl. The Hall–Kier alpha value is -1.52. The molecule has 20 heavy (non-hydrogen) atoms. The van der Waals surface area contributed by atoms with Crippen molar-refractivity contribution in [3.05, 3.63) is 35.5 Å². The van der Waals surface area contributed by atoms with Crippen LogP contribution in [0.2, 0.25) is 0 Å². The van der Waals surface area contributed by atoms with Gasteiger partial charge in [0.25, 0.3) is 0 Å². The van der Waals surface area contributed by atoms with E-state index in [0.29, 0.717) is 13.1 Å². The van der Waals surface area contributed by atoms with Crippen LogP contribution < -0.4 is 10.6 Å². The van der Waals surface area contributed by atoms with E-state index < -0.39 is 0 Å². The summed E-state index contributed by atoms with van der Waals surface area (Å²) < 4.78 is 0. The van der Waals surface area contributed by atoms with Crippen molar-refractivity contribution < 1.29 is 4.79 Å². The summed E-state index contributed by atoms with van der Waals surface area (Å²) in [4.78, 5) is 14.7. The molecule has 1 aromatic heterocycles. The molecule has 0 spiro atoms. The minimum atomic E-state index is 0. The van der Waals surface area contributed by atoms with E-state index >= 15 is 0 Å². The van der Waals surface area contributed by atoms with E-state index in [0.717, 1.165) is 12.8 Å². The van der Waals surface area contributed by atoms with Gasteiger partial charge in [-0.25, -0.2) is 0 Å². The Morgan fingerprint density at radius 3 is 2.80 bits per heavy atom. The Bertz CT molecular complexity index is 565. The first-order chi connectivity index (χ1) is 9.26. The summed E-state index contributed by atoms with van der Waals surface area (Å²) in [6.07, 6.45) is 3.92. The first-order valence-corrected chi connectivity index (χ1v) is 6.75. The average Bonchev–Trinajstić information content (AvgIpc) is 2.82. The van der Waals surface area contributed by atoms with Crippen LogP contribution in [0.4, 0.5) is 0 Å². The van der Waals surface area contributed by atoms with Gasteiger partial charge in [0.1, 0.15) is 0 Å². The van der Waals surface area contributed by atoms with E-state index in [9.17, 15) is 4.79 Å². The topological polar surface area (TPSA) is 56.9 Å². The van der Waals surface area contributed by atoms with Gasteiger partial charge in [-0.1, -0.05) is 25.1 Å². The minimum Gasteiger partial charge on any atom is -0.361 e. The Labute approximate surface area is 125 Å². The van der Waals surface area contributed by atoms with Crippen molar-refractivity contribution in [2.45, 2.75) is 19.8 Å². The molecule has 4 nitrogen and oxygen atoms in total. The van der Waals surface area contributed by atoms with E-state index in [2.05, 4.69) is 40.7 Å². The van der Waals surface area contributed by atoms with Crippen LogP contribution in [-0.2, 0) is 17.6 Å². The van der Waals surface area contributed by atoms with Crippen molar-refractivity contribution >= 4 is 29.2 Å². The van der Waals surface area contributed by atoms with Gasteiger partial charge in [0.15, 0.2) is 0 Å². The van der Waals surface area contributed by atoms with E-state index in [1.54, 1.807) is 7.05 Å². The second-order valence-corrected chi connectivity index (χ2v) is 4.64. The van der Waals surface area contributed by atoms with Crippen LogP contribution in [0.5, 0.6) is 0 Å². The third-order valence-corrected chi connectivity index (χ3v) is 3.32. The molecule has 0 saturated heterocycles. The highest BCUT2D eigenvalue weighted by atomic mass is 35.5. The van der Waals surface area contributed by atoms with Gasteiger partial charge in [-0.2, -0.15) is 0 Å². The van der Waals surface area contributed by atoms with Gasteiger partial charge < -0.3 is 15.6 Å². The number of halogens is 1. The Morgan fingerprint density at radius 1 is 1.30 bits per heavy atom. The highest BCUT2D eigenvalue weighted by Crippen LogP contribution is 2.22. The quantitative estimate of drug-likeness (QED) is 0.764.